The first-order valence-corrected chi connectivity index (χ1v) is 10.2. The van der Waals surface area contributed by atoms with Gasteiger partial charge in [-0.05, 0) is 54.0 Å². The van der Waals surface area contributed by atoms with Crippen molar-refractivity contribution >= 4 is 21.7 Å². The van der Waals surface area contributed by atoms with E-state index in [0.717, 1.165) is 28.5 Å². The Morgan fingerprint density at radius 3 is 2.28 bits per heavy atom. The normalized spacial score (nSPS) is 13.7. The van der Waals surface area contributed by atoms with Gasteiger partial charge in [0.25, 0.3) is 0 Å². The third kappa shape index (κ3) is 4.10. The van der Waals surface area contributed by atoms with Gasteiger partial charge in [-0.15, -0.1) is 0 Å². The van der Waals surface area contributed by atoms with Gasteiger partial charge in [0.05, 0.1) is 5.52 Å². The van der Waals surface area contributed by atoms with Crippen LogP contribution < -0.4 is 10.5 Å². The zero-order valence-corrected chi connectivity index (χ0v) is 17.4. The Hall–Kier alpha value is -2.91. The summed E-state index contributed by atoms with van der Waals surface area (Å²) >= 11 is 0. The van der Waals surface area contributed by atoms with Gasteiger partial charge < -0.3 is 10.5 Å². The molecule has 3 heteroatoms. The number of benzene rings is 3. The molecular formula is C26H28N2O. The molecule has 4 rings (SSSR count). The third-order valence-electron chi connectivity index (χ3n) is 5.26. The van der Waals surface area contributed by atoms with Crippen molar-refractivity contribution in [2.75, 3.05) is 6.61 Å². The van der Waals surface area contributed by atoms with Gasteiger partial charge in [0, 0.05) is 22.5 Å². The summed E-state index contributed by atoms with van der Waals surface area (Å²) in [6.07, 6.45) is 2.80. The molecule has 0 bridgehead atoms. The quantitative estimate of drug-likeness (QED) is 0.431. The lowest BCUT2D eigenvalue weighted by Crippen LogP contribution is -2.43. The maximum absolute atomic E-state index is 6.46. The molecule has 0 amide bonds. The second kappa shape index (κ2) is 7.84. The largest absolute Gasteiger partial charge is 0.491 e. The second-order valence-electron chi connectivity index (χ2n) is 8.57. The van der Waals surface area contributed by atoms with Crippen LogP contribution in [0.4, 0.5) is 0 Å². The molecule has 148 valence electrons. The monoisotopic (exact) mass is 384 g/mol. The number of nitrogens with zero attached hydrogens (tertiary/aromatic N) is 1. The van der Waals surface area contributed by atoms with E-state index in [1.807, 2.05) is 12.3 Å². The molecule has 0 spiro atoms. The Balaban J connectivity index is 1.76. The topological polar surface area (TPSA) is 48.1 Å². The SMILES string of the molecule is CC(C)CC(C)(N)COc1ccc(-c2ccnc3ccccc23)c2ccccc12. The number of rotatable bonds is 6. The fourth-order valence-corrected chi connectivity index (χ4v) is 4.20. The van der Waals surface area contributed by atoms with Crippen molar-refractivity contribution in [2.24, 2.45) is 11.7 Å². The molecule has 1 unspecified atom stereocenters. The molecule has 3 aromatic carbocycles. The highest BCUT2D eigenvalue weighted by Crippen LogP contribution is 2.37. The first-order chi connectivity index (χ1) is 13.9. The van der Waals surface area contributed by atoms with Gasteiger partial charge in [-0.3, -0.25) is 4.98 Å². The van der Waals surface area contributed by atoms with E-state index in [1.165, 1.54) is 16.5 Å². The van der Waals surface area contributed by atoms with Crippen LogP contribution >= 0.6 is 0 Å². The first-order valence-electron chi connectivity index (χ1n) is 10.2. The smallest absolute Gasteiger partial charge is 0.127 e. The number of hydrogen-bond donors (Lipinski definition) is 1. The van der Waals surface area contributed by atoms with Crippen LogP contribution in [0.3, 0.4) is 0 Å². The van der Waals surface area contributed by atoms with Crippen molar-refractivity contribution < 1.29 is 4.74 Å². The van der Waals surface area contributed by atoms with Crippen LogP contribution in [0.1, 0.15) is 27.2 Å². The van der Waals surface area contributed by atoms with Gasteiger partial charge in [0.1, 0.15) is 12.4 Å². The molecule has 1 aromatic heterocycles. The molecule has 0 saturated heterocycles. The molecule has 0 saturated carbocycles. The Bertz CT molecular complexity index is 1140. The van der Waals surface area contributed by atoms with E-state index < -0.39 is 0 Å². The van der Waals surface area contributed by atoms with Crippen LogP contribution in [0, 0.1) is 5.92 Å². The first kappa shape index (κ1) is 19.4. The molecule has 0 aliphatic rings. The molecule has 0 radical (unpaired) electrons. The van der Waals surface area contributed by atoms with Crippen LogP contribution in [-0.4, -0.2) is 17.1 Å². The number of fused-ring (bicyclic) bond motifs is 2. The van der Waals surface area contributed by atoms with Crippen LogP contribution in [-0.2, 0) is 0 Å². The van der Waals surface area contributed by atoms with E-state index >= 15 is 0 Å². The molecular weight excluding hydrogens is 356 g/mol. The van der Waals surface area contributed by atoms with Gasteiger partial charge in [0.15, 0.2) is 0 Å². The number of ether oxygens (including phenoxy) is 1. The fraction of sp³-hybridized carbons (Fsp3) is 0.269. The maximum atomic E-state index is 6.46. The number of hydrogen-bond acceptors (Lipinski definition) is 3. The summed E-state index contributed by atoms with van der Waals surface area (Å²) in [6, 6.07) is 23.0. The molecule has 0 fully saturated rings. The summed E-state index contributed by atoms with van der Waals surface area (Å²) in [5.41, 5.74) is 9.48. The highest BCUT2D eigenvalue weighted by molar-refractivity contribution is 6.06. The minimum absolute atomic E-state index is 0.352. The summed E-state index contributed by atoms with van der Waals surface area (Å²) in [5, 5.41) is 3.43. The van der Waals surface area contributed by atoms with E-state index in [4.69, 9.17) is 10.5 Å². The van der Waals surface area contributed by atoms with Crippen LogP contribution in [0.25, 0.3) is 32.8 Å². The van der Waals surface area contributed by atoms with Crippen LogP contribution in [0.15, 0.2) is 72.9 Å². The minimum Gasteiger partial charge on any atom is -0.491 e. The number of nitrogens with two attached hydrogens (primary N) is 1. The van der Waals surface area contributed by atoms with Crippen molar-refractivity contribution in [3.63, 3.8) is 0 Å². The summed E-state index contributed by atoms with van der Waals surface area (Å²) in [4.78, 5) is 4.51. The van der Waals surface area contributed by atoms with Crippen LogP contribution in [0.2, 0.25) is 0 Å². The molecule has 2 N–H and O–H groups in total. The number of aromatic nitrogens is 1. The molecule has 1 atom stereocenters. The predicted molar refractivity (Wildman–Crippen MR) is 122 cm³/mol. The Labute approximate surface area is 172 Å². The average Bonchev–Trinajstić information content (AvgIpc) is 2.71. The van der Waals surface area contributed by atoms with Gasteiger partial charge in [-0.25, -0.2) is 0 Å². The van der Waals surface area contributed by atoms with E-state index in [-0.39, 0.29) is 5.54 Å². The highest BCUT2D eigenvalue weighted by Gasteiger charge is 2.21. The van der Waals surface area contributed by atoms with Crippen molar-refractivity contribution in [3.05, 3.63) is 72.9 Å². The van der Waals surface area contributed by atoms with E-state index in [9.17, 15) is 0 Å². The van der Waals surface area contributed by atoms with Crippen molar-refractivity contribution in [2.45, 2.75) is 32.7 Å². The lowest BCUT2D eigenvalue weighted by atomic mass is 9.92. The van der Waals surface area contributed by atoms with E-state index in [2.05, 4.69) is 86.4 Å². The zero-order valence-electron chi connectivity index (χ0n) is 17.4. The lowest BCUT2D eigenvalue weighted by Gasteiger charge is -2.27. The highest BCUT2D eigenvalue weighted by atomic mass is 16.5. The third-order valence-corrected chi connectivity index (χ3v) is 5.26. The molecule has 29 heavy (non-hydrogen) atoms. The van der Waals surface area contributed by atoms with Crippen LogP contribution in [0.5, 0.6) is 5.75 Å². The summed E-state index contributed by atoms with van der Waals surface area (Å²) in [7, 11) is 0. The van der Waals surface area contributed by atoms with Gasteiger partial charge in [0.2, 0.25) is 0 Å². The summed E-state index contributed by atoms with van der Waals surface area (Å²) in [5.74, 6) is 1.41. The van der Waals surface area contributed by atoms with E-state index in [1.54, 1.807) is 0 Å². The molecule has 0 aliphatic heterocycles. The van der Waals surface area contributed by atoms with Crippen molar-refractivity contribution in [3.8, 4) is 16.9 Å². The number of para-hydroxylation sites is 1. The predicted octanol–water partition coefficient (Wildman–Crippen LogP) is 6.20. The minimum atomic E-state index is -0.352. The molecule has 3 nitrogen and oxygen atoms in total. The standard InChI is InChI=1S/C26H28N2O/c1-18(2)16-26(3,27)17-29-25-13-12-20(19-8-4-5-10-23(19)25)21-14-15-28-24-11-7-6-9-22(21)24/h4-15,18H,16-17,27H2,1-3H3. The maximum Gasteiger partial charge on any atom is 0.127 e. The van der Waals surface area contributed by atoms with Gasteiger partial charge in [-0.2, -0.15) is 0 Å². The Kier molecular flexibility index (Phi) is 5.25. The lowest BCUT2D eigenvalue weighted by molar-refractivity contribution is 0.208. The van der Waals surface area contributed by atoms with Gasteiger partial charge in [-0.1, -0.05) is 62.4 Å². The number of pyridine rings is 1. The van der Waals surface area contributed by atoms with Crippen molar-refractivity contribution in [1.29, 1.82) is 0 Å². The Morgan fingerprint density at radius 1 is 0.862 bits per heavy atom. The van der Waals surface area contributed by atoms with Gasteiger partial charge >= 0.3 is 0 Å². The molecule has 1 heterocycles. The second-order valence-corrected chi connectivity index (χ2v) is 8.57. The zero-order chi connectivity index (χ0) is 20.4. The van der Waals surface area contributed by atoms with Crippen molar-refractivity contribution in [1.82, 2.24) is 4.98 Å². The average molecular weight is 385 g/mol. The van der Waals surface area contributed by atoms with E-state index in [0.29, 0.717) is 12.5 Å². The fourth-order valence-electron chi connectivity index (χ4n) is 4.20. The summed E-state index contributed by atoms with van der Waals surface area (Å²) in [6.45, 7) is 6.93. The summed E-state index contributed by atoms with van der Waals surface area (Å²) < 4.78 is 6.23. The molecule has 0 aliphatic carbocycles. The Morgan fingerprint density at radius 2 is 1.52 bits per heavy atom. The molecule has 4 aromatic rings.